The second kappa shape index (κ2) is 9.87. The fraction of sp³-hybridized carbons (Fsp3) is 0.444. The molecule has 0 heterocycles. The number of carbonyl (C=O) groups is 3. The Morgan fingerprint density at radius 1 is 1.06 bits per heavy atom. The van der Waals surface area contributed by atoms with Gasteiger partial charge in [0.15, 0.2) is 0 Å². The Hall–Kier alpha value is -3.35. The first kappa shape index (κ1) is 23.8. The fourth-order valence-corrected chi connectivity index (χ4v) is 4.88. The fourth-order valence-electron chi connectivity index (χ4n) is 4.88. The van der Waals surface area contributed by atoms with Crippen LogP contribution in [0.25, 0.3) is 11.1 Å². The molecule has 2 atom stereocenters. The molecule has 0 bridgehead atoms. The third-order valence-corrected chi connectivity index (χ3v) is 7.16. The van der Waals surface area contributed by atoms with Gasteiger partial charge in [0.1, 0.15) is 12.1 Å². The van der Waals surface area contributed by atoms with E-state index in [4.69, 9.17) is 9.84 Å². The van der Waals surface area contributed by atoms with Crippen molar-refractivity contribution in [3.63, 3.8) is 0 Å². The average molecular weight is 465 g/mol. The normalized spacial score (nSPS) is 17.1. The lowest BCUT2D eigenvalue weighted by Crippen LogP contribution is -2.59. The average Bonchev–Trinajstić information content (AvgIpc) is 3.64. The van der Waals surface area contributed by atoms with Crippen molar-refractivity contribution in [1.82, 2.24) is 10.6 Å². The number of carboxylic acids is 1. The molecule has 0 aliphatic heterocycles. The van der Waals surface area contributed by atoms with E-state index in [1.807, 2.05) is 31.2 Å². The lowest BCUT2D eigenvalue weighted by Gasteiger charge is -2.30. The minimum atomic E-state index is -1.09. The Kier molecular flexibility index (Phi) is 6.91. The van der Waals surface area contributed by atoms with Crippen LogP contribution in [0.5, 0.6) is 0 Å². The summed E-state index contributed by atoms with van der Waals surface area (Å²) in [5, 5.41) is 14.7. The molecule has 2 aromatic rings. The van der Waals surface area contributed by atoms with Crippen LogP contribution in [0.1, 0.15) is 56.6 Å². The maximum atomic E-state index is 13.0. The number of carbonyl (C=O) groups excluding carboxylic acids is 2. The molecule has 0 radical (unpaired) electrons. The van der Waals surface area contributed by atoms with Crippen LogP contribution in [-0.2, 0) is 14.3 Å². The van der Waals surface area contributed by atoms with E-state index in [0.29, 0.717) is 6.42 Å². The van der Waals surface area contributed by atoms with E-state index in [1.165, 1.54) is 0 Å². The lowest BCUT2D eigenvalue weighted by molar-refractivity contribution is -0.138. The molecule has 180 valence electrons. The van der Waals surface area contributed by atoms with Crippen LogP contribution in [-0.4, -0.2) is 41.8 Å². The van der Waals surface area contributed by atoms with Gasteiger partial charge in [-0.25, -0.2) is 4.79 Å². The molecule has 2 amide bonds. The highest BCUT2D eigenvalue weighted by atomic mass is 16.5. The van der Waals surface area contributed by atoms with Gasteiger partial charge < -0.3 is 20.5 Å². The van der Waals surface area contributed by atoms with Crippen molar-refractivity contribution in [2.24, 2.45) is 11.8 Å². The van der Waals surface area contributed by atoms with Gasteiger partial charge >= 0.3 is 12.1 Å². The van der Waals surface area contributed by atoms with Crippen molar-refractivity contribution in [3.05, 3.63) is 59.7 Å². The van der Waals surface area contributed by atoms with E-state index in [9.17, 15) is 14.4 Å². The molecule has 7 nitrogen and oxygen atoms in total. The minimum absolute atomic E-state index is 0.00324. The molecular weight excluding hydrogens is 432 g/mol. The zero-order valence-electron chi connectivity index (χ0n) is 19.7. The summed E-state index contributed by atoms with van der Waals surface area (Å²) < 4.78 is 5.66. The van der Waals surface area contributed by atoms with Crippen molar-refractivity contribution < 1.29 is 24.2 Å². The highest BCUT2D eigenvalue weighted by Crippen LogP contribution is 2.44. The van der Waals surface area contributed by atoms with Crippen molar-refractivity contribution in [1.29, 1.82) is 0 Å². The third-order valence-electron chi connectivity index (χ3n) is 7.16. The number of aliphatic carboxylic acids is 1. The summed E-state index contributed by atoms with van der Waals surface area (Å²) in [6, 6.07) is 16.3. The SMILES string of the molecule is CCC(CNC(=O)C(C)(NC(=O)OCC1c2ccccc2-c2ccccc21)C1CC1)CC(=O)O. The molecule has 0 spiro atoms. The number of hydrogen-bond acceptors (Lipinski definition) is 4. The second-order valence-electron chi connectivity index (χ2n) is 9.51. The Labute approximate surface area is 199 Å². The van der Waals surface area contributed by atoms with Gasteiger partial charge in [0.25, 0.3) is 0 Å². The quantitative estimate of drug-likeness (QED) is 0.486. The minimum Gasteiger partial charge on any atom is -0.481 e. The summed E-state index contributed by atoms with van der Waals surface area (Å²) in [5.74, 6) is -1.36. The molecule has 7 heteroatoms. The number of amides is 2. The van der Waals surface area contributed by atoms with Crippen LogP contribution in [0.2, 0.25) is 0 Å². The van der Waals surface area contributed by atoms with Crippen LogP contribution in [0.15, 0.2) is 48.5 Å². The Balaban J connectivity index is 1.39. The molecule has 3 N–H and O–H groups in total. The molecule has 1 saturated carbocycles. The molecule has 34 heavy (non-hydrogen) atoms. The summed E-state index contributed by atoms with van der Waals surface area (Å²) in [4.78, 5) is 36.9. The van der Waals surface area contributed by atoms with Gasteiger partial charge in [-0.15, -0.1) is 0 Å². The molecule has 0 aromatic heterocycles. The van der Waals surface area contributed by atoms with E-state index in [2.05, 4.69) is 34.9 Å². The first-order valence-corrected chi connectivity index (χ1v) is 12.0. The molecule has 0 saturated heterocycles. The summed E-state index contributed by atoms with van der Waals surface area (Å²) >= 11 is 0. The summed E-state index contributed by atoms with van der Waals surface area (Å²) in [6.07, 6.45) is 1.72. The number of rotatable bonds is 10. The molecule has 2 unspecified atom stereocenters. The van der Waals surface area contributed by atoms with E-state index >= 15 is 0 Å². The highest BCUT2D eigenvalue weighted by molar-refractivity contribution is 5.90. The van der Waals surface area contributed by atoms with Crippen molar-refractivity contribution >= 4 is 18.0 Å². The van der Waals surface area contributed by atoms with E-state index in [1.54, 1.807) is 6.92 Å². The largest absolute Gasteiger partial charge is 0.481 e. The molecule has 1 fully saturated rings. The lowest BCUT2D eigenvalue weighted by atomic mass is 9.94. The van der Waals surface area contributed by atoms with Crippen LogP contribution >= 0.6 is 0 Å². The standard InChI is InChI=1S/C27H32N2O5/c1-3-17(14-24(30)31)15-28-25(32)27(2,18-12-13-18)29-26(33)34-16-23-21-10-6-4-8-19(21)20-9-5-7-11-22(20)23/h4-11,17-18,23H,3,12-16H2,1-2H3,(H,28,32)(H,29,33)(H,30,31). The smallest absolute Gasteiger partial charge is 0.408 e. The van der Waals surface area contributed by atoms with E-state index in [-0.39, 0.29) is 43.2 Å². The molecule has 2 aromatic carbocycles. The van der Waals surface area contributed by atoms with Gasteiger partial charge in [0, 0.05) is 18.9 Å². The van der Waals surface area contributed by atoms with Crippen molar-refractivity contribution in [2.75, 3.05) is 13.2 Å². The van der Waals surface area contributed by atoms with Gasteiger partial charge in [-0.3, -0.25) is 9.59 Å². The maximum Gasteiger partial charge on any atom is 0.408 e. The summed E-state index contributed by atoms with van der Waals surface area (Å²) in [5.41, 5.74) is 3.47. The number of benzene rings is 2. The van der Waals surface area contributed by atoms with Gasteiger partial charge in [-0.2, -0.15) is 0 Å². The summed E-state index contributed by atoms with van der Waals surface area (Å²) in [7, 11) is 0. The van der Waals surface area contributed by atoms with Crippen LogP contribution in [0.3, 0.4) is 0 Å². The van der Waals surface area contributed by atoms with Crippen LogP contribution in [0, 0.1) is 11.8 Å². The Bertz CT molecular complexity index is 1030. The van der Waals surface area contributed by atoms with Gasteiger partial charge in [-0.1, -0.05) is 61.9 Å². The van der Waals surface area contributed by atoms with E-state index < -0.39 is 17.6 Å². The van der Waals surface area contributed by atoms with Crippen LogP contribution in [0.4, 0.5) is 4.79 Å². The maximum absolute atomic E-state index is 13.0. The second-order valence-corrected chi connectivity index (χ2v) is 9.51. The molecule has 2 aliphatic carbocycles. The van der Waals surface area contributed by atoms with Gasteiger partial charge in [0.05, 0.1) is 0 Å². The molecular formula is C27H32N2O5. The zero-order chi connectivity index (χ0) is 24.3. The zero-order valence-corrected chi connectivity index (χ0v) is 19.7. The predicted molar refractivity (Wildman–Crippen MR) is 128 cm³/mol. The first-order chi connectivity index (χ1) is 16.3. The Morgan fingerprint density at radius 3 is 2.18 bits per heavy atom. The predicted octanol–water partition coefficient (Wildman–Crippen LogP) is 4.31. The Morgan fingerprint density at radius 2 is 1.65 bits per heavy atom. The number of nitrogens with one attached hydrogen (secondary N) is 2. The van der Waals surface area contributed by atoms with Crippen molar-refractivity contribution in [3.8, 4) is 11.1 Å². The summed E-state index contributed by atoms with van der Waals surface area (Å²) in [6.45, 7) is 4.06. The molecule has 4 rings (SSSR count). The highest BCUT2D eigenvalue weighted by Gasteiger charge is 2.48. The number of hydrogen-bond donors (Lipinski definition) is 3. The van der Waals surface area contributed by atoms with E-state index in [0.717, 1.165) is 35.1 Å². The monoisotopic (exact) mass is 464 g/mol. The molecule has 2 aliphatic rings. The number of ether oxygens (including phenoxy) is 1. The topological polar surface area (TPSA) is 105 Å². The number of fused-ring (bicyclic) bond motifs is 3. The third kappa shape index (κ3) is 4.93. The number of carboxylic acid groups (broad SMARTS) is 1. The first-order valence-electron chi connectivity index (χ1n) is 12.0. The van der Waals surface area contributed by atoms with Gasteiger partial charge in [-0.05, 0) is 53.9 Å². The van der Waals surface area contributed by atoms with Crippen molar-refractivity contribution in [2.45, 2.75) is 51.0 Å². The number of alkyl carbamates (subject to hydrolysis) is 1. The van der Waals surface area contributed by atoms with Crippen LogP contribution < -0.4 is 10.6 Å². The van der Waals surface area contributed by atoms with Gasteiger partial charge in [0.2, 0.25) is 5.91 Å².